The molecule has 2 aromatic carbocycles. The molecular weight excluding hydrogens is 356 g/mol. The van der Waals surface area contributed by atoms with Crippen molar-refractivity contribution in [1.82, 2.24) is 4.90 Å². The minimum absolute atomic E-state index is 0.167. The van der Waals surface area contributed by atoms with Crippen molar-refractivity contribution in [2.24, 2.45) is 0 Å². The number of carbonyl (C=O) groups excluding carboxylic acids is 1. The van der Waals surface area contributed by atoms with Gasteiger partial charge in [0, 0.05) is 16.7 Å². The molecule has 0 spiro atoms. The zero-order valence-corrected chi connectivity index (χ0v) is 15.1. The van der Waals surface area contributed by atoms with E-state index in [2.05, 4.69) is 26.1 Å². The molecule has 0 saturated heterocycles. The molecule has 4 nitrogen and oxygen atoms in total. The molecule has 0 radical (unpaired) electrons. The van der Waals surface area contributed by atoms with Crippen LogP contribution in [0.5, 0.6) is 5.75 Å². The van der Waals surface area contributed by atoms with Crippen LogP contribution in [0, 0.1) is 0 Å². The highest BCUT2D eigenvalue weighted by Gasteiger charge is 2.16. The van der Waals surface area contributed by atoms with Crippen LogP contribution in [0.2, 0.25) is 0 Å². The molecule has 1 amide bonds. The molecular formula is C18H21BrN2O2. The van der Waals surface area contributed by atoms with E-state index in [4.69, 9.17) is 4.74 Å². The largest absolute Gasteiger partial charge is 0.481 e. The highest BCUT2D eigenvalue weighted by molar-refractivity contribution is 9.10. The number of rotatable bonds is 6. The molecule has 0 fully saturated rings. The first-order chi connectivity index (χ1) is 11.0. The number of halogens is 1. The minimum atomic E-state index is -0.580. The summed E-state index contributed by atoms with van der Waals surface area (Å²) < 4.78 is 6.65. The van der Waals surface area contributed by atoms with E-state index >= 15 is 0 Å². The number of amides is 1. The van der Waals surface area contributed by atoms with Crippen LogP contribution in [0.25, 0.3) is 0 Å². The molecule has 5 heteroatoms. The Kier molecular flexibility index (Phi) is 6.19. The van der Waals surface area contributed by atoms with E-state index in [9.17, 15) is 4.79 Å². The third-order valence-corrected chi connectivity index (χ3v) is 3.79. The van der Waals surface area contributed by atoms with Gasteiger partial charge in [-0.3, -0.25) is 4.79 Å². The normalized spacial score (nSPS) is 12.0. The molecule has 0 aliphatic heterocycles. The maximum absolute atomic E-state index is 12.4. The summed E-state index contributed by atoms with van der Waals surface area (Å²) in [6.45, 7) is 2.50. The van der Waals surface area contributed by atoms with Gasteiger partial charge in [-0.05, 0) is 56.9 Å². The molecule has 0 aliphatic rings. The molecule has 0 bridgehead atoms. The number of nitrogens with one attached hydrogen (secondary N) is 1. The number of anilines is 1. The Morgan fingerprint density at radius 1 is 1.17 bits per heavy atom. The second-order valence-electron chi connectivity index (χ2n) is 5.60. The van der Waals surface area contributed by atoms with Gasteiger partial charge in [-0.25, -0.2) is 0 Å². The Labute approximate surface area is 145 Å². The van der Waals surface area contributed by atoms with Crippen molar-refractivity contribution in [3.8, 4) is 5.75 Å². The van der Waals surface area contributed by atoms with Crippen LogP contribution in [0.3, 0.4) is 0 Å². The van der Waals surface area contributed by atoms with Gasteiger partial charge in [0.2, 0.25) is 0 Å². The molecule has 1 atom stereocenters. The summed E-state index contributed by atoms with van der Waals surface area (Å²) in [6, 6.07) is 15.2. The summed E-state index contributed by atoms with van der Waals surface area (Å²) in [5, 5.41) is 2.95. The molecule has 23 heavy (non-hydrogen) atoms. The predicted octanol–water partition coefficient (Wildman–Crippen LogP) is 3.92. The first-order valence-corrected chi connectivity index (χ1v) is 8.20. The average Bonchev–Trinajstić information content (AvgIpc) is 2.51. The van der Waals surface area contributed by atoms with Crippen molar-refractivity contribution >= 4 is 27.5 Å². The number of ether oxygens (including phenoxy) is 1. The predicted molar refractivity (Wildman–Crippen MR) is 96.7 cm³/mol. The highest BCUT2D eigenvalue weighted by Crippen LogP contribution is 2.19. The molecule has 0 heterocycles. The van der Waals surface area contributed by atoms with Gasteiger partial charge in [-0.1, -0.05) is 34.1 Å². The summed E-state index contributed by atoms with van der Waals surface area (Å²) in [6.07, 6.45) is -0.580. The van der Waals surface area contributed by atoms with Crippen molar-refractivity contribution < 1.29 is 9.53 Å². The van der Waals surface area contributed by atoms with Gasteiger partial charge in [-0.15, -0.1) is 0 Å². The van der Waals surface area contributed by atoms with E-state index in [-0.39, 0.29) is 5.91 Å². The van der Waals surface area contributed by atoms with Crippen molar-refractivity contribution in [3.63, 3.8) is 0 Å². The van der Waals surface area contributed by atoms with E-state index in [1.54, 1.807) is 6.92 Å². The van der Waals surface area contributed by atoms with Crippen molar-refractivity contribution in [2.75, 3.05) is 19.4 Å². The van der Waals surface area contributed by atoms with Gasteiger partial charge in [0.15, 0.2) is 6.10 Å². The fourth-order valence-electron chi connectivity index (χ4n) is 2.13. The molecule has 0 aliphatic carbocycles. The molecule has 2 rings (SSSR count). The van der Waals surface area contributed by atoms with Crippen LogP contribution in [0.1, 0.15) is 12.5 Å². The Morgan fingerprint density at radius 2 is 1.83 bits per heavy atom. The van der Waals surface area contributed by atoms with Gasteiger partial charge in [0.05, 0.1) is 0 Å². The average molecular weight is 377 g/mol. The quantitative estimate of drug-likeness (QED) is 0.830. The molecule has 1 N–H and O–H groups in total. The third-order valence-electron chi connectivity index (χ3n) is 3.26. The Morgan fingerprint density at radius 3 is 2.48 bits per heavy atom. The topological polar surface area (TPSA) is 41.6 Å². The van der Waals surface area contributed by atoms with Gasteiger partial charge in [0.1, 0.15) is 5.75 Å². The van der Waals surface area contributed by atoms with Crippen LogP contribution in [-0.2, 0) is 11.3 Å². The van der Waals surface area contributed by atoms with Crippen molar-refractivity contribution in [2.45, 2.75) is 19.6 Å². The molecule has 0 saturated carbocycles. The molecule has 2 aromatic rings. The van der Waals surface area contributed by atoms with Gasteiger partial charge in [-0.2, -0.15) is 0 Å². The van der Waals surface area contributed by atoms with E-state index in [1.807, 2.05) is 62.6 Å². The van der Waals surface area contributed by atoms with E-state index in [0.29, 0.717) is 5.75 Å². The van der Waals surface area contributed by atoms with Crippen LogP contribution < -0.4 is 10.1 Å². The van der Waals surface area contributed by atoms with Crippen LogP contribution in [-0.4, -0.2) is 31.0 Å². The number of hydrogen-bond acceptors (Lipinski definition) is 3. The summed E-state index contributed by atoms with van der Waals surface area (Å²) in [5.74, 6) is 0.497. The second-order valence-corrected chi connectivity index (χ2v) is 6.51. The second kappa shape index (κ2) is 8.13. The van der Waals surface area contributed by atoms with Gasteiger partial charge < -0.3 is 15.0 Å². The first kappa shape index (κ1) is 17.5. The van der Waals surface area contributed by atoms with E-state index in [1.165, 1.54) is 0 Å². The summed E-state index contributed by atoms with van der Waals surface area (Å²) in [7, 11) is 4.00. The van der Waals surface area contributed by atoms with Crippen molar-refractivity contribution in [1.29, 1.82) is 0 Å². The maximum Gasteiger partial charge on any atom is 0.265 e. The minimum Gasteiger partial charge on any atom is -0.481 e. The fourth-order valence-corrected chi connectivity index (χ4v) is 2.39. The Bertz CT molecular complexity index is 656. The third kappa shape index (κ3) is 5.37. The lowest BCUT2D eigenvalue weighted by atomic mass is 10.1. The van der Waals surface area contributed by atoms with Crippen LogP contribution >= 0.6 is 15.9 Å². The lowest BCUT2D eigenvalue weighted by Crippen LogP contribution is -2.30. The molecule has 122 valence electrons. The number of hydrogen-bond donors (Lipinski definition) is 1. The monoisotopic (exact) mass is 376 g/mol. The number of para-hydroxylation sites is 1. The van der Waals surface area contributed by atoms with Gasteiger partial charge >= 0.3 is 0 Å². The highest BCUT2D eigenvalue weighted by atomic mass is 79.9. The summed E-state index contributed by atoms with van der Waals surface area (Å²) >= 11 is 3.37. The Balaban J connectivity index is 2.02. The lowest BCUT2D eigenvalue weighted by molar-refractivity contribution is -0.122. The van der Waals surface area contributed by atoms with Crippen LogP contribution in [0.4, 0.5) is 5.69 Å². The van der Waals surface area contributed by atoms with Crippen LogP contribution in [0.15, 0.2) is 53.0 Å². The molecule has 0 aromatic heterocycles. The number of carbonyl (C=O) groups is 1. The zero-order valence-electron chi connectivity index (χ0n) is 13.5. The fraction of sp³-hybridized carbons (Fsp3) is 0.278. The maximum atomic E-state index is 12.4. The van der Waals surface area contributed by atoms with Gasteiger partial charge in [0.25, 0.3) is 5.91 Å². The smallest absolute Gasteiger partial charge is 0.265 e. The lowest BCUT2D eigenvalue weighted by Gasteiger charge is -2.18. The molecule has 1 unspecified atom stereocenters. The van der Waals surface area contributed by atoms with E-state index in [0.717, 1.165) is 22.3 Å². The SMILES string of the molecule is CC(Oc1ccc(Br)cc1)C(=O)Nc1ccccc1CN(C)C. The zero-order chi connectivity index (χ0) is 16.8. The van der Waals surface area contributed by atoms with Crippen molar-refractivity contribution in [3.05, 3.63) is 58.6 Å². The van der Waals surface area contributed by atoms with E-state index < -0.39 is 6.10 Å². The number of nitrogens with zero attached hydrogens (tertiary/aromatic N) is 1. The Hall–Kier alpha value is -1.85. The summed E-state index contributed by atoms with van der Waals surface area (Å²) in [4.78, 5) is 14.4. The summed E-state index contributed by atoms with van der Waals surface area (Å²) in [5.41, 5.74) is 1.89. The number of benzene rings is 2. The standard InChI is InChI=1S/C18H21BrN2O2/c1-13(23-16-10-8-15(19)9-11-16)18(22)20-17-7-5-4-6-14(17)12-21(2)3/h4-11,13H,12H2,1-3H3,(H,20,22). The first-order valence-electron chi connectivity index (χ1n) is 7.41.